The van der Waals surface area contributed by atoms with Crippen molar-refractivity contribution in [3.05, 3.63) is 45.5 Å². The number of benzene rings is 1. The number of nitrogens with two attached hydrogens (primary N) is 1. The maximum atomic E-state index is 11.0. The predicted octanol–water partition coefficient (Wildman–Crippen LogP) is 0.926. The fourth-order valence-corrected chi connectivity index (χ4v) is 1.29. The minimum absolute atomic E-state index is 0.128. The van der Waals surface area contributed by atoms with Gasteiger partial charge in [-0.1, -0.05) is 12.2 Å². The Morgan fingerprint density at radius 3 is 2.76 bits per heavy atom. The first-order chi connectivity index (χ1) is 8.04. The molecule has 0 atom stereocenters. The Morgan fingerprint density at radius 2 is 2.24 bits per heavy atom. The van der Waals surface area contributed by atoms with Crippen LogP contribution in [0.5, 0.6) is 0 Å². The van der Waals surface area contributed by atoms with Crippen LogP contribution in [-0.4, -0.2) is 24.4 Å². The Balaban J connectivity index is 3.12. The molecule has 0 radical (unpaired) electrons. The van der Waals surface area contributed by atoms with Gasteiger partial charge in [-0.05, 0) is 18.7 Å². The number of nitrogens with zero attached hydrogens (tertiary/aromatic N) is 1. The lowest BCUT2D eigenvalue weighted by Gasteiger charge is -1.99. The lowest BCUT2D eigenvalue weighted by molar-refractivity contribution is -0.384. The minimum atomic E-state index is -0.683. The SMILES string of the molecule is CNCC=Cc1cc(C(N)=O)cc([N+](=O)[O-])c1. The highest BCUT2D eigenvalue weighted by molar-refractivity contribution is 5.94. The van der Waals surface area contributed by atoms with Crippen molar-refractivity contribution in [3.8, 4) is 0 Å². The summed E-state index contributed by atoms with van der Waals surface area (Å²) in [4.78, 5) is 21.1. The third kappa shape index (κ3) is 3.69. The molecule has 0 saturated carbocycles. The standard InChI is InChI=1S/C11H13N3O3/c1-13-4-2-3-8-5-9(11(12)15)7-10(6-8)14(16)17/h2-3,5-7,13H,4H2,1H3,(H2,12,15). The van der Waals surface area contributed by atoms with Crippen LogP contribution in [0.25, 0.3) is 6.08 Å². The van der Waals surface area contributed by atoms with Crippen LogP contribution in [0.15, 0.2) is 24.3 Å². The zero-order chi connectivity index (χ0) is 12.8. The van der Waals surface area contributed by atoms with E-state index in [4.69, 9.17) is 5.73 Å². The molecule has 0 spiro atoms. The Labute approximate surface area is 98.3 Å². The number of rotatable bonds is 5. The van der Waals surface area contributed by atoms with Crippen molar-refractivity contribution in [2.45, 2.75) is 0 Å². The number of nitro groups is 1. The van der Waals surface area contributed by atoms with Gasteiger partial charge in [-0.2, -0.15) is 0 Å². The van der Waals surface area contributed by atoms with Gasteiger partial charge in [0.2, 0.25) is 5.91 Å². The first kappa shape index (κ1) is 12.9. The number of nitrogens with one attached hydrogen (secondary N) is 1. The zero-order valence-corrected chi connectivity index (χ0v) is 9.34. The van der Waals surface area contributed by atoms with Gasteiger partial charge in [0, 0.05) is 24.2 Å². The first-order valence-electron chi connectivity index (χ1n) is 4.95. The van der Waals surface area contributed by atoms with Crippen LogP contribution >= 0.6 is 0 Å². The first-order valence-corrected chi connectivity index (χ1v) is 4.95. The second kappa shape index (κ2) is 5.76. The zero-order valence-electron chi connectivity index (χ0n) is 9.34. The number of hydrogen-bond acceptors (Lipinski definition) is 4. The van der Waals surface area contributed by atoms with Gasteiger partial charge < -0.3 is 11.1 Å². The Bertz CT molecular complexity index is 437. The van der Waals surface area contributed by atoms with E-state index < -0.39 is 10.8 Å². The number of carbonyl (C=O) groups is 1. The fourth-order valence-electron chi connectivity index (χ4n) is 1.29. The van der Waals surface area contributed by atoms with Gasteiger partial charge in [0.25, 0.3) is 5.69 Å². The highest BCUT2D eigenvalue weighted by atomic mass is 16.6. The molecule has 0 fully saturated rings. The van der Waals surface area contributed by atoms with Gasteiger partial charge in [0.05, 0.1) is 4.92 Å². The van der Waals surface area contributed by atoms with Crippen molar-refractivity contribution in [2.24, 2.45) is 5.73 Å². The molecule has 1 aromatic rings. The van der Waals surface area contributed by atoms with Gasteiger partial charge >= 0.3 is 0 Å². The average molecular weight is 235 g/mol. The molecule has 3 N–H and O–H groups in total. The number of carbonyl (C=O) groups excluding carboxylic acids is 1. The third-order valence-electron chi connectivity index (χ3n) is 2.07. The van der Waals surface area contributed by atoms with E-state index in [0.29, 0.717) is 12.1 Å². The number of likely N-dealkylation sites (N-methyl/N-ethyl adjacent to an activating group) is 1. The molecule has 0 aliphatic rings. The van der Waals surface area contributed by atoms with Crippen LogP contribution < -0.4 is 11.1 Å². The van der Waals surface area contributed by atoms with Crippen molar-refractivity contribution in [1.29, 1.82) is 0 Å². The van der Waals surface area contributed by atoms with Crippen molar-refractivity contribution < 1.29 is 9.72 Å². The minimum Gasteiger partial charge on any atom is -0.366 e. The van der Waals surface area contributed by atoms with Gasteiger partial charge in [0.15, 0.2) is 0 Å². The van der Waals surface area contributed by atoms with Crippen molar-refractivity contribution in [2.75, 3.05) is 13.6 Å². The lowest BCUT2D eigenvalue weighted by Crippen LogP contribution is -2.11. The summed E-state index contributed by atoms with van der Waals surface area (Å²) in [5.74, 6) is -0.683. The maximum absolute atomic E-state index is 11.0. The summed E-state index contributed by atoms with van der Waals surface area (Å²) in [5.41, 5.74) is 5.66. The van der Waals surface area contributed by atoms with E-state index in [1.54, 1.807) is 19.2 Å². The monoisotopic (exact) mass is 235 g/mol. The molecule has 0 aromatic heterocycles. The number of hydrogen-bond donors (Lipinski definition) is 2. The van der Waals surface area contributed by atoms with E-state index in [0.717, 1.165) is 6.07 Å². The molecule has 0 aliphatic heterocycles. The smallest absolute Gasteiger partial charge is 0.270 e. The Kier molecular flexibility index (Phi) is 4.36. The molecule has 0 aliphatic carbocycles. The van der Waals surface area contributed by atoms with Crippen molar-refractivity contribution >= 4 is 17.7 Å². The number of amides is 1. The molecule has 17 heavy (non-hydrogen) atoms. The lowest BCUT2D eigenvalue weighted by atomic mass is 10.1. The van der Waals surface area contributed by atoms with E-state index in [2.05, 4.69) is 5.32 Å². The molecule has 1 amide bonds. The topological polar surface area (TPSA) is 98.3 Å². The van der Waals surface area contributed by atoms with E-state index in [9.17, 15) is 14.9 Å². The normalized spacial score (nSPS) is 10.6. The molecule has 0 bridgehead atoms. The van der Waals surface area contributed by atoms with Crippen LogP contribution in [0.3, 0.4) is 0 Å². The second-order valence-electron chi connectivity index (χ2n) is 3.39. The number of non-ortho nitro benzene ring substituents is 1. The molecule has 0 heterocycles. The average Bonchev–Trinajstić information content (AvgIpc) is 2.29. The largest absolute Gasteiger partial charge is 0.366 e. The van der Waals surface area contributed by atoms with Crippen LogP contribution in [0.1, 0.15) is 15.9 Å². The quantitative estimate of drug-likeness (QED) is 0.585. The van der Waals surface area contributed by atoms with Crippen LogP contribution in [0, 0.1) is 10.1 Å². The predicted molar refractivity (Wildman–Crippen MR) is 64.6 cm³/mol. The Hall–Kier alpha value is -2.21. The molecule has 1 rings (SSSR count). The van der Waals surface area contributed by atoms with Crippen molar-refractivity contribution in [1.82, 2.24) is 5.32 Å². The van der Waals surface area contributed by atoms with E-state index >= 15 is 0 Å². The molecular weight excluding hydrogens is 222 g/mol. The number of nitro benzene ring substituents is 1. The molecule has 0 unspecified atom stereocenters. The fraction of sp³-hybridized carbons (Fsp3) is 0.182. The molecule has 6 heteroatoms. The summed E-state index contributed by atoms with van der Waals surface area (Å²) in [6, 6.07) is 4.07. The van der Waals surface area contributed by atoms with Crippen LogP contribution in [0.4, 0.5) is 5.69 Å². The molecule has 90 valence electrons. The van der Waals surface area contributed by atoms with E-state index in [-0.39, 0.29) is 11.3 Å². The third-order valence-corrected chi connectivity index (χ3v) is 2.07. The van der Waals surface area contributed by atoms with Gasteiger partial charge in [-0.25, -0.2) is 0 Å². The highest BCUT2D eigenvalue weighted by Gasteiger charge is 2.11. The van der Waals surface area contributed by atoms with E-state index in [1.165, 1.54) is 12.1 Å². The molecular formula is C11H13N3O3. The van der Waals surface area contributed by atoms with E-state index in [1.807, 2.05) is 0 Å². The summed E-state index contributed by atoms with van der Waals surface area (Å²) >= 11 is 0. The van der Waals surface area contributed by atoms with Gasteiger partial charge in [-0.3, -0.25) is 14.9 Å². The second-order valence-corrected chi connectivity index (χ2v) is 3.39. The molecule has 1 aromatic carbocycles. The summed E-state index contributed by atoms with van der Waals surface area (Å²) < 4.78 is 0. The highest BCUT2D eigenvalue weighted by Crippen LogP contribution is 2.18. The summed E-state index contributed by atoms with van der Waals surface area (Å²) in [6.45, 7) is 0.634. The van der Waals surface area contributed by atoms with Gasteiger partial charge in [-0.15, -0.1) is 0 Å². The van der Waals surface area contributed by atoms with Gasteiger partial charge in [0.1, 0.15) is 0 Å². The van der Waals surface area contributed by atoms with Crippen molar-refractivity contribution in [3.63, 3.8) is 0 Å². The van der Waals surface area contributed by atoms with Crippen LogP contribution in [-0.2, 0) is 0 Å². The molecule has 0 saturated heterocycles. The summed E-state index contributed by atoms with van der Waals surface area (Å²) in [7, 11) is 1.78. The maximum Gasteiger partial charge on any atom is 0.270 e. The summed E-state index contributed by atoms with van der Waals surface area (Å²) in [5, 5.41) is 13.6. The molecule has 6 nitrogen and oxygen atoms in total. The summed E-state index contributed by atoms with van der Waals surface area (Å²) in [6.07, 6.45) is 3.49. The Morgan fingerprint density at radius 1 is 1.53 bits per heavy atom. The number of primary amides is 1. The van der Waals surface area contributed by atoms with Crippen LogP contribution in [0.2, 0.25) is 0 Å².